The van der Waals surface area contributed by atoms with Crippen molar-refractivity contribution in [3.8, 4) is 0 Å². The molecule has 0 saturated carbocycles. The van der Waals surface area contributed by atoms with Crippen molar-refractivity contribution in [1.82, 2.24) is 25.0 Å². The van der Waals surface area contributed by atoms with E-state index < -0.39 is 29.7 Å². The van der Waals surface area contributed by atoms with Crippen LogP contribution in [0.2, 0.25) is 5.02 Å². The molecule has 14 nitrogen and oxygen atoms in total. The summed E-state index contributed by atoms with van der Waals surface area (Å²) in [4.78, 5) is 84.3. The van der Waals surface area contributed by atoms with E-state index in [4.69, 9.17) is 18.2 Å². The van der Waals surface area contributed by atoms with E-state index in [0.717, 1.165) is 87.0 Å². The number of hydrogen-bond donors (Lipinski definition) is 1. The van der Waals surface area contributed by atoms with Gasteiger partial charge in [-0.15, -0.1) is 0 Å². The molecule has 57 heavy (non-hydrogen) atoms. The van der Waals surface area contributed by atoms with Crippen molar-refractivity contribution >= 4 is 63.9 Å². The topological polar surface area (TPSA) is 134 Å². The average molecular weight is 790 g/mol. The van der Waals surface area contributed by atoms with E-state index in [-0.39, 0.29) is 35.3 Å². The molecule has 5 saturated heterocycles. The molecule has 0 aliphatic carbocycles. The van der Waals surface area contributed by atoms with Gasteiger partial charge in [0.15, 0.2) is 0 Å². The molecule has 1 unspecified atom stereocenters. The number of carbonyl (C=O) groups excluding carboxylic acids is 5. The smallest absolute Gasteiger partial charge is 0.272 e. The fraction of sp³-hybridized carbons (Fsp3) is 0.452. The molecule has 7 heterocycles. The molecular weight excluding hydrogens is 746 g/mol. The summed E-state index contributed by atoms with van der Waals surface area (Å²) in [5, 5.41) is 2.73. The van der Waals surface area contributed by atoms with Gasteiger partial charge in [0.1, 0.15) is 11.7 Å². The summed E-state index contributed by atoms with van der Waals surface area (Å²) < 4.78 is 0. The second-order valence-electron chi connectivity index (χ2n) is 16.4. The van der Waals surface area contributed by atoms with E-state index >= 15 is 0 Å². The number of carbonyl (C=O) groups is 5. The second kappa shape index (κ2) is 14.5. The van der Waals surface area contributed by atoms with E-state index in [1.165, 1.54) is 0 Å². The molecule has 3 aromatic rings. The van der Waals surface area contributed by atoms with Gasteiger partial charge in [-0.05, 0) is 80.5 Å². The number of pyridine rings is 1. The molecule has 2 aromatic carbocycles. The monoisotopic (exact) mass is 789 g/mol. The summed E-state index contributed by atoms with van der Waals surface area (Å²) in [5.74, 6) is -2.09. The lowest BCUT2D eigenvalue weighted by molar-refractivity contribution is -0.136. The Labute approximate surface area is 336 Å². The minimum absolute atomic E-state index is 0.0534. The first-order chi connectivity index (χ1) is 27.5. The van der Waals surface area contributed by atoms with Crippen LogP contribution in [0.1, 0.15) is 70.2 Å². The van der Waals surface area contributed by atoms with E-state index in [0.29, 0.717) is 41.6 Å². The minimum atomic E-state index is -0.986. The van der Waals surface area contributed by atoms with E-state index in [1.807, 2.05) is 47.5 Å². The molecule has 294 valence electrons. The quantitative estimate of drug-likeness (QED) is 0.286. The Bertz CT molecular complexity index is 2200. The molecule has 1 spiro atoms. The van der Waals surface area contributed by atoms with E-state index in [9.17, 15) is 24.0 Å². The summed E-state index contributed by atoms with van der Waals surface area (Å²) in [6.45, 7) is 16.7. The molecule has 2 atom stereocenters. The molecule has 6 aliphatic heterocycles. The number of imide groups is 2. The molecule has 15 heteroatoms. The zero-order valence-electron chi connectivity index (χ0n) is 31.8. The Hall–Kier alpha value is -5.52. The highest BCUT2D eigenvalue weighted by Gasteiger charge is 2.46. The lowest BCUT2D eigenvalue weighted by Crippen LogP contribution is -2.63. The summed E-state index contributed by atoms with van der Waals surface area (Å²) >= 11 is 6.38. The molecule has 1 N–H and O–H groups in total. The molecule has 5 amide bonds. The summed E-state index contributed by atoms with van der Waals surface area (Å²) in [6, 6.07) is 14.6. The van der Waals surface area contributed by atoms with Crippen molar-refractivity contribution in [3.05, 3.63) is 88.0 Å². The number of nitrogens with one attached hydrogen (secondary N) is 1. The van der Waals surface area contributed by atoms with Crippen LogP contribution >= 0.6 is 11.6 Å². The maximum atomic E-state index is 13.5. The predicted octanol–water partition coefficient (Wildman–Crippen LogP) is 4.22. The van der Waals surface area contributed by atoms with Gasteiger partial charge in [0, 0.05) is 93.8 Å². The Morgan fingerprint density at radius 1 is 0.877 bits per heavy atom. The summed E-state index contributed by atoms with van der Waals surface area (Å²) in [6.07, 6.45) is 5.31. The first-order valence-corrected chi connectivity index (χ1v) is 20.2. The van der Waals surface area contributed by atoms with Crippen LogP contribution in [-0.4, -0.2) is 126 Å². The van der Waals surface area contributed by atoms with E-state index in [2.05, 4.69) is 41.7 Å². The Morgan fingerprint density at radius 3 is 2.28 bits per heavy atom. The number of benzene rings is 2. The van der Waals surface area contributed by atoms with Gasteiger partial charge in [0.25, 0.3) is 17.7 Å². The van der Waals surface area contributed by atoms with Crippen molar-refractivity contribution in [2.75, 3.05) is 73.6 Å². The van der Waals surface area contributed by atoms with Crippen molar-refractivity contribution in [3.63, 3.8) is 0 Å². The first-order valence-electron chi connectivity index (χ1n) is 19.8. The van der Waals surface area contributed by atoms with Crippen LogP contribution in [0.5, 0.6) is 0 Å². The van der Waals surface area contributed by atoms with Gasteiger partial charge < -0.3 is 19.6 Å². The Morgan fingerprint density at radius 2 is 1.60 bits per heavy atom. The number of piperidine rings is 2. The highest BCUT2D eigenvalue weighted by Crippen LogP contribution is 2.46. The number of halogens is 1. The number of amides is 5. The van der Waals surface area contributed by atoms with Crippen LogP contribution in [0.4, 0.5) is 22.7 Å². The lowest BCUT2D eigenvalue weighted by atomic mass is 9.76. The maximum absolute atomic E-state index is 13.5. The molecule has 5 fully saturated rings. The van der Waals surface area contributed by atoms with Gasteiger partial charge >= 0.3 is 0 Å². The second-order valence-corrected chi connectivity index (χ2v) is 16.8. The van der Waals surface area contributed by atoms with Crippen LogP contribution in [0.15, 0.2) is 54.7 Å². The molecule has 1 aromatic heterocycles. The molecule has 0 radical (unpaired) electrons. The number of fused-ring (bicyclic) bond motifs is 1. The highest BCUT2D eigenvalue weighted by molar-refractivity contribution is 6.33. The third-order valence-electron chi connectivity index (χ3n) is 13.1. The number of piperazine rings is 1. The lowest BCUT2D eigenvalue weighted by Gasteiger charge is -2.49. The normalized spacial score (nSPS) is 23.8. The standard InChI is InChI=1S/C42H44ClN9O5/c1-26-21-42(25-51(26)28-4-7-34(44-2)33(43)20-28)11-13-47(14-12-42)29-5-8-35(45-22-29)41(57)49-17-15-48(16-18-49)30-23-50(24-30)27-3-6-31-32(19-27)40(56)52(39(31)55)36-9-10-37(53)46-38(36)54/h3-8,19-20,22,26,30,36H,9-18,21,23-25H2,1H3,(H,46,53,54)/t26-,36?/m0/s1. The van der Waals surface area contributed by atoms with Gasteiger partial charge in [-0.2, -0.15) is 0 Å². The van der Waals surface area contributed by atoms with Crippen LogP contribution < -0.4 is 20.0 Å². The van der Waals surface area contributed by atoms with Gasteiger partial charge in [0.05, 0.1) is 29.6 Å². The van der Waals surface area contributed by atoms with Gasteiger partial charge in [-0.1, -0.05) is 17.7 Å². The Kier molecular flexibility index (Phi) is 9.40. The summed E-state index contributed by atoms with van der Waals surface area (Å²) in [7, 11) is 0. The Balaban J connectivity index is 0.741. The fourth-order valence-electron chi connectivity index (χ4n) is 9.74. The van der Waals surface area contributed by atoms with Crippen molar-refractivity contribution in [2.45, 2.75) is 57.2 Å². The van der Waals surface area contributed by atoms with Crippen molar-refractivity contribution < 1.29 is 24.0 Å². The number of nitrogens with zero attached hydrogens (tertiary/aromatic N) is 8. The van der Waals surface area contributed by atoms with Gasteiger partial charge in [0.2, 0.25) is 17.5 Å². The van der Waals surface area contributed by atoms with Crippen LogP contribution in [-0.2, 0) is 9.59 Å². The zero-order chi connectivity index (χ0) is 39.6. The van der Waals surface area contributed by atoms with Crippen molar-refractivity contribution in [1.29, 1.82) is 0 Å². The molecule has 9 rings (SSSR count). The predicted molar refractivity (Wildman–Crippen MR) is 214 cm³/mol. The first kappa shape index (κ1) is 37.1. The maximum Gasteiger partial charge on any atom is 0.272 e. The van der Waals surface area contributed by atoms with Crippen LogP contribution in [0.3, 0.4) is 0 Å². The third-order valence-corrected chi connectivity index (χ3v) is 13.4. The van der Waals surface area contributed by atoms with Crippen LogP contribution in [0, 0.1) is 12.0 Å². The number of rotatable bonds is 6. The number of hydrogen-bond acceptors (Lipinski definition) is 10. The summed E-state index contributed by atoms with van der Waals surface area (Å²) in [5.41, 5.74) is 4.69. The van der Waals surface area contributed by atoms with Crippen LogP contribution in [0.25, 0.3) is 4.85 Å². The molecule has 0 bridgehead atoms. The highest BCUT2D eigenvalue weighted by atomic mass is 35.5. The third kappa shape index (κ3) is 6.66. The molecule has 6 aliphatic rings. The fourth-order valence-corrected chi connectivity index (χ4v) is 9.95. The molecular formula is C42H44ClN9O5. The number of aromatic nitrogens is 1. The van der Waals surface area contributed by atoms with Crippen molar-refractivity contribution in [2.24, 2.45) is 5.41 Å². The largest absolute Gasteiger partial charge is 0.370 e. The SMILES string of the molecule is [C-]#[N+]c1ccc(N2CC3(CCN(c4ccc(C(=O)N5CCN(C6CN(c7ccc8c(c7)C(=O)N(C7CCC(=O)NC7=O)C8=O)C6)CC5)nc4)CC3)C[C@@H]2C)cc1Cl. The zero-order valence-corrected chi connectivity index (χ0v) is 32.6. The van der Waals surface area contributed by atoms with Gasteiger partial charge in [-0.3, -0.25) is 39.1 Å². The van der Waals surface area contributed by atoms with E-state index in [1.54, 1.807) is 12.1 Å². The minimum Gasteiger partial charge on any atom is -0.370 e. The van der Waals surface area contributed by atoms with Gasteiger partial charge in [-0.25, -0.2) is 9.83 Å². The number of anilines is 3. The average Bonchev–Trinajstić information content (AvgIpc) is 3.65.